The van der Waals surface area contributed by atoms with Gasteiger partial charge in [-0.3, -0.25) is 9.59 Å². The molecule has 1 aromatic carbocycles. The molecular weight excluding hydrogens is 230 g/mol. The molecule has 0 N–H and O–H groups in total. The first-order valence-corrected chi connectivity index (χ1v) is 6.02. The zero-order valence-electron chi connectivity index (χ0n) is 10.9. The Balaban J connectivity index is 2.36. The van der Waals surface area contributed by atoms with E-state index in [4.69, 9.17) is 4.74 Å². The van der Waals surface area contributed by atoms with E-state index in [0.29, 0.717) is 18.7 Å². The highest BCUT2D eigenvalue weighted by Gasteiger charge is 2.36. The molecule has 4 heteroatoms. The van der Waals surface area contributed by atoms with Crippen LogP contribution in [0.5, 0.6) is 0 Å². The van der Waals surface area contributed by atoms with Crippen molar-refractivity contribution >= 4 is 17.4 Å². The van der Waals surface area contributed by atoms with Crippen molar-refractivity contribution in [2.45, 2.75) is 20.3 Å². The molecule has 0 aromatic heterocycles. The highest BCUT2D eigenvalue weighted by Crippen LogP contribution is 2.33. The largest absolute Gasteiger partial charge is 0.385 e. The van der Waals surface area contributed by atoms with Gasteiger partial charge in [-0.2, -0.15) is 0 Å². The summed E-state index contributed by atoms with van der Waals surface area (Å²) in [4.78, 5) is 25.5. The number of carbonyl (C=O) groups is 2. The first-order valence-electron chi connectivity index (χ1n) is 6.02. The second kappa shape index (κ2) is 4.90. The Morgan fingerprint density at radius 1 is 1.22 bits per heavy atom. The van der Waals surface area contributed by atoms with Gasteiger partial charge in [0, 0.05) is 20.3 Å². The van der Waals surface area contributed by atoms with Crippen LogP contribution in [0.1, 0.15) is 27.9 Å². The molecule has 1 aromatic rings. The molecule has 1 aliphatic rings. The summed E-state index contributed by atoms with van der Waals surface area (Å²) in [6.45, 7) is 4.97. The van der Waals surface area contributed by atoms with E-state index in [1.807, 2.05) is 19.9 Å². The summed E-state index contributed by atoms with van der Waals surface area (Å²) in [6, 6.07) is 3.78. The van der Waals surface area contributed by atoms with Crippen LogP contribution in [0, 0.1) is 13.8 Å². The lowest BCUT2D eigenvalue weighted by molar-refractivity contribution is -0.114. The highest BCUT2D eigenvalue weighted by atomic mass is 16.5. The van der Waals surface area contributed by atoms with Crippen LogP contribution in [0.3, 0.4) is 0 Å². The van der Waals surface area contributed by atoms with Crippen molar-refractivity contribution in [3.05, 3.63) is 28.8 Å². The maximum Gasteiger partial charge on any atom is 0.299 e. The maximum atomic E-state index is 12.0. The van der Waals surface area contributed by atoms with Crippen LogP contribution in [0.4, 0.5) is 5.69 Å². The van der Waals surface area contributed by atoms with E-state index in [0.717, 1.165) is 23.2 Å². The first kappa shape index (κ1) is 12.8. The molecule has 0 spiro atoms. The van der Waals surface area contributed by atoms with Crippen LogP contribution < -0.4 is 4.90 Å². The molecule has 0 saturated carbocycles. The van der Waals surface area contributed by atoms with Crippen LogP contribution >= 0.6 is 0 Å². The molecule has 18 heavy (non-hydrogen) atoms. The smallest absolute Gasteiger partial charge is 0.299 e. The second-order valence-corrected chi connectivity index (χ2v) is 4.61. The van der Waals surface area contributed by atoms with E-state index in [2.05, 4.69) is 0 Å². The molecule has 0 bridgehead atoms. The number of aryl methyl sites for hydroxylation is 2. The van der Waals surface area contributed by atoms with Crippen LogP contribution in [0.2, 0.25) is 0 Å². The Morgan fingerprint density at radius 2 is 1.94 bits per heavy atom. The first-order chi connectivity index (χ1) is 8.56. The summed E-state index contributed by atoms with van der Waals surface area (Å²) < 4.78 is 4.98. The van der Waals surface area contributed by atoms with E-state index in [1.54, 1.807) is 18.1 Å². The zero-order valence-corrected chi connectivity index (χ0v) is 10.9. The fourth-order valence-corrected chi connectivity index (χ4v) is 2.41. The maximum absolute atomic E-state index is 12.0. The number of fused-ring (bicyclic) bond motifs is 1. The minimum Gasteiger partial charge on any atom is -0.385 e. The molecule has 1 aliphatic heterocycles. The average molecular weight is 247 g/mol. The molecule has 0 radical (unpaired) electrons. The van der Waals surface area contributed by atoms with Gasteiger partial charge in [0.2, 0.25) is 0 Å². The minimum atomic E-state index is -0.421. The van der Waals surface area contributed by atoms with Gasteiger partial charge in [-0.15, -0.1) is 0 Å². The van der Waals surface area contributed by atoms with Crippen molar-refractivity contribution in [3.8, 4) is 0 Å². The van der Waals surface area contributed by atoms with Gasteiger partial charge in [0.25, 0.3) is 11.7 Å². The monoisotopic (exact) mass is 247 g/mol. The molecule has 1 heterocycles. The number of nitrogens with zero attached hydrogens (tertiary/aromatic N) is 1. The number of hydrogen-bond donors (Lipinski definition) is 0. The minimum absolute atomic E-state index is 0.394. The third kappa shape index (κ3) is 2.04. The van der Waals surface area contributed by atoms with E-state index in [1.165, 1.54) is 0 Å². The Hall–Kier alpha value is -1.68. The summed E-state index contributed by atoms with van der Waals surface area (Å²) in [6.07, 6.45) is 0.724. The van der Waals surface area contributed by atoms with Gasteiger partial charge in [-0.05, 0) is 37.5 Å². The third-order valence-electron chi connectivity index (χ3n) is 3.13. The SMILES string of the molecule is COCCCN1C(=O)C(=O)c2cc(C)cc(C)c21. The Morgan fingerprint density at radius 3 is 2.61 bits per heavy atom. The van der Waals surface area contributed by atoms with Crippen molar-refractivity contribution in [1.29, 1.82) is 0 Å². The number of amides is 1. The summed E-state index contributed by atoms with van der Waals surface area (Å²) in [5.74, 6) is -0.816. The molecule has 4 nitrogen and oxygen atoms in total. The molecule has 0 aliphatic carbocycles. The lowest BCUT2D eigenvalue weighted by Crippen LogP contribution is -2.31. The average Bonchev–Trinajstić information content (AvgIpc) is 2.55. The van der Waals surface area contributed by atoms with Crippen LogP contribution in [0.25, 0.3) is 0 Å². The molecule has 0 unspecified atom stereocenters. The number of ketones is 1. The summed E-state index contributed by atoms with van der Waals surface area (Å²) in [5, 5.41) is 0. The van der Waals surface area contributed by atoms with Gasteiger partial charge in [-0.1, -0.05) is 6.07 Å². The van der Waals surface area contributed by atoms with Gasteiger partial charge in [0.15, 0.2) is 0 Å². The molecule has 2 rings (SSSR count). The number of methoxy groups -OCH3 is 1. The quantitative estimate of drug-likeness (QED) is 0.602. The number of rotatable bonds is 4. The van der Waals surface area contributed by atoms with Gasteiger partial charge in [0.1, 0.15) is 0 Å². The van der Waals surface area contributed by atoms with Crippen LogP contribution in [-0.4, -0.2) is 32.0 Å². The van der Waals surface area contributed by atoms with Gasteiger partial charge in [0.05, 0.1) is 11.3 Å². The van der Waals surface area contributed by atoms with E-state index < -0.39 is 11.7 Å². The third-order valence-corrected chi connectivity index (χ3v) is 3.13. The Kier molecular flexibility index (Phi) is 3.48. The van der Waals surface area contributed by atoms with Crippen molar-refractivity contribution in [3.63, 3.8) is 0 Å². The second-order valence-electron chi connectivity index (χ2n) is 4.61. The number of anilines is 1. The fraction of sp³-hybridized carbons (Fsp3) is 0.429. The lowest BCUT2D eigenvalue weighted by atomic mass is 10.0. The van der Waals surface area contributed by atoms with Crippen molar-refractivity contribution in [2.24, 2.45) is 0 Å². The summed E-state index contributed by atoms with van der Waals surface area (Å²) >= 11 is 0. The van der Waals surface area contributed by atoms with Gasteiger partial charge >= 0.3 is 0 Å². The van der Waals surface area contributed by atoms with Crippen LogP contribution in [0.15, 0.2) is 12.1 Å². The zero-order chi connectivity index (χ0) is 13.3. The number of benzene rings is 1. The van der Waals surface area contributed by atoms with E-state index in [9.17, 15) is 9.59 Å². The number of ether oxygens (including phenoxy) is 1. The number of carbonyl (C=O) groups excluding carboxylic acids is 2. The predicted octanol–water partition coefficient (Wildman–Crippen LogP) is 1.87. The summed E-state index contributed by atoms with van der Waals surface area (Å²) in [5.41, 5.74) is 3.29. The van der Waals surface area contributed by atoms with Crippen molar-refractivity contribution in [1.82, 2.24) is 0 Å². The normalized spacial score (nSPS) is 14.3. The van der Waals surface area contributed by atoms with Crippen molar-refractivity contribution in [2.75, 3.05) is 25.2 Å². The standard InChI is InChI=1S/C14H17NO3/c1-9-7-10(2)12-11(8-9)13(16)14(17)15(12)5-4-6-18-3/h7-8H,4-6H2,1-3H3. The van der Waals surface area contributed by atoms with Crippen LogP contribution in [-0.2, 0) is 9.53 Å². The molecule has 0 atom stereocenters. The van der Waals surface area contributed by atoms with Gasteiger partial charge in [-0.25, -0.2) is 0 Å². The van der Waals surface area contributed by atoms with Gasteiger partial charge < -0.3 is 9.64 Å². The molecule has 1 amide bonds. The predicted molar refractivity (Wildman–Crippen MR) is 69.1 cm³/mol. The number of hydrogen-bond acceptors (Lipinski definition) is 3. The van der Waals surface area contributed by atoms with E-state index in [-0.39, 0.29) is 0 Å². The van der Waals surface area contributed by atoms with E-state index >= 15 is 0 Å². The Labute approximate surface area is 107 Å². The lowest BCUT2D eigenvalue weighted by Gasteiger charge is -2.18. The molecule has 0 saturated heterocycles. The summed E-state index contributed by atoms with van der Waals surface area (Å²) in [7, 11) is 1.62. The molecule has 96 valence electrons. The van der Waals surface area contributed by atoms with Crippen molar-refractivity contribution < 1.29 is 14.3 Å². The fourth-order valence-electron chi connectivity index (χ4n) is 2.41. The number of Topliss-reactive ketones (excluding diaryl/α,β-unsaturated/α-hetero) is 1. The topological polar surface area (TPSA) is 46.6 Å². The highest BCUT2D eigenvalue weighted by molar-refractivity contribution is 6.52. The molecule has 0 fully saturated rings. The molecular formula is C14H17NO3. The Bertz CT molecular complexity index is 508.